The fourth-order valence-corrected chi connectivity index (χ4v) is 1.45. The van der Waals surface area contributed by atoms with E-state index >= 15 is 0 Å². The van der Waals surface area contributed by atoms with Crippen molar-refractivity contribution in [3.05, 3.63) is 35.4 Å². The Hall–Kier alpha value is -1.31. The first-order chi connectivity index (χ1) is 7.19. The van der Waals surface area contributed by atoms with Crippen molar-refractivity contribution < 1.29 is 9.53 Å². The van der Waals surface area contributed by atoms with Gasteiger partial charge in [0.25, 0.3) is 0 Å². The Morgan fingerprint density at radius 3 is 2.33 bits per heavy atom. The average Bonchev–Trinajstić information content (AvgIpc) is 2.28. The minimum absolute atomic E-state index is 0.151. The number of hydrogen-bond donors (Lipinski definition) is 0. The van der Waals surface area contributed by atoms with Crippen molar-refractivity contribution in [2.24, 2.45) is 0 Å². The van der Waals surface area contributed by atoms with Crippen molar-refractivity contribution in [2.75, 3.05) is 6.61 Å². The van der Waals surface area contributed by atoms with Gasteiger partial charge in [-0.1, -0.05) is 31.2 Å². The van der Waals surface area contributed by atoms with Gasteiger partial charge in [0.15, 0.2) is 0 Å². The SMILES string of the molecule is CCOC(=O)C(C)c1ccc(CC)cc1. The zero-order valence-corrected chi connectivity index (χ0v) is 9.62. The van der Waals surface area contributed by atoms with Crippen LogP contribution in [-0.2, 0) is 16.0 Å². The molecule has 0 amide bonds. The highest BCUT2D eigenvalue weighted by atomic mass is 16.5. The Balaban J connectivity index is 2.73. The van der Waals surface area contributed by atoms with Crippen LogP contribution in [0, 0.1) is 0 Å². The lowest BCUT2D eigenvalue weighted by atomic mass is 9.99. The highest BCUT2D eigenvalue weighted by Crippen LogP contribution is 2.17. The van der Waals surface area contributed by atoms with Crippen molar-refractivity contribution >= 4 is 5.97 Å². The summed E-state index contributed by atoms with van der Waals surface area (Å²) < 4.78 is 4.98. The number of benzene rings is 1. The van der Waals surface area contributed by atoms with Gasteiger partial charge in [-0.05, 0) is 31.4 Å². The Bertz CT molecular complexity index is 314. The molecule has 0 aromatic heterocycles. The molecule has 0 spiro atoms. The quantitative estimate of drug-likeness (QED) is 0.708. The summed E-state index contributed by atoms with van der Waals surface area (Å²) in [6, 6.07) is 8.12. The summed E-state index contributed by atoms with van der Waals surface area (Å²) in [5.41, 5.74) is 2.31. The van der Waals surface area contributed by atoms with E-state index in [1.165, 1.54) is 5.56 Å². The van der Waals surface area contributed by atoms with Gasteiger partial charge in [0, 0.05) is 0 Å². The first kappa shape index (κ1) is 11.8. The minimum atomic E-state index is -0.171. The normalized spacial score (nSPS) is 12.2. The number of esters is 1. The molecule has 15 heavy (non-hydrogen) atoms. The number of ether oxygens (including phenoxy) is 1. The molecule has 0 saturated heterocycles. The molecule has 0 fully saturated rings. The van der Waals surface area contributed by atoms with Crippen LogP contribution >= 0.6 is 0 Å². The lowest BCUT2D eigenvalue weighted by Gasteiger charge is -2.10. The molecule has 1 atom stereocenters. The fraction of sp³-hybridized carbons (Fsp3) is 0.462. The molecule has 0 aliphatic carbocycles. The minimum Gasteiger partial charge on any atom is -0.466 e. The topological polar surface area (TPSA) is 26.3 Å². The zero-order chi connectivity index (χ0) is 11.3. The average molecular weight is 206 g/mol. The summed E-state index contributed by atoms with van der Waals surface area (Å²) in [6.45, 7) is 6.25. The van der Waals surface area contributed by atoms with Gasteiger partial charge in [-0.25, -0.2) is 0 Å². The van der Waals surface area contributed by atoms with E-state index in [-0.39, 0.29) is 11.9 Å². The molecule has 0 heterocycles. The Morgan fingerprint density at radius 1 is 1.27 bits per heavy atom. The van der Waals surface area contributed by atoms with E-state index in [4.69, 9.17) is 4.74 Å². The molecule has 1 rings (SSSR count). The molecule has 1 aromatic carbocycles. The molecule has 0 radical (unpaired) electrons. The monoisotopic (exact) mass is 206 g/mol. The zero-order valence-electron chi connectivity index (χ0n) is 9.62. The van der Waals surface area contributed by atoms with Gasteiger partial charge in [0.2, 0.25) is 0 Å². The molecule has 0 bridgehead atoms. The third-order valence-corrected chi connectivity index (χ3v) is 2.53. The molecule has 82 valence electrons. The summed E-state index contributed by atoms with van der Waals surface area (Å²) in [6.07, 6.45) is 1.02. The summed E-state index contributed by atoms with van der Waals surface area (Å²) in [4.78, 5) is 11.5. The molecule has 0 saturated carbocycles. The highest BCUT2D eigenvalue weighted by Gasteiger charge is 2.15. The largest absolute Gasteiger partial charge is 0.466 e. The van der Waals surface area contributed by atoms with Gasteiger partial charge >= 0.3 is 5.97 Å². The van der Waals surface area contributed by atoms with E-state index in [0.717, 1.165) is 12.0 Å². The van der Waals surface area contributed by atoms with Crippen molar-refractivity contribution in [1.82, 2.24) is 0 Å². The highest BCUT2D eigenvalue weighted by molar-refractivity contribution is 5.77. The van der Waals surface area contributed by atoms with Gasteiger partial charge in [0.1, 0.15) is 0 Å². The maximum Gasteiger partial charge on any atom is 0.313 e. The Morgan fingerprint density at radius 2 is 1.87 bits per heavy atom. The van der Waals surface area contributed by atoms with Crippen LogP contribution in [-0.4, -0.2) is 12.6 Å². The van der Waals surface area contributed by atoms with Crippen LogP contribution in [0.25, 0.3) is 0 Å². The lowest BCUT2D eigenvalue weighted by molar-refractivity contribution is -0.144. The lowest BCUT2D eigenvalue weighted by Crippen LogP contribution is -2.12. The molecule has 0 N–H and O–H groups in total. The first-order valence-electron chi connectivity index (χ1n) is 5.44. The summed E-state index contributed by atoms with van der Waals surface area (Å²) in [7, 11) is 0. The predicted molar refractivity (Wildman–Crippen MR) is 60.9 cm³/mol. The molecule has 0 aliphatic heterocycles. The second-order valence-corrected chi connectivity index (χ2v) is 3.57. The molecule has 2 heteroatoms. The smallest absolute Gasteiger partial charge is 0.313 e. The standard InChI is InChI=1S/C13H18O2/c1-4-11-6-8-12(9-7-11)10(3)13(14)15-5-2/h6-10H,4-5H2,1-3H3. The van der Waals surface area contributed by atoms with E-state index in [2.05, 4.69) is 19.1 Å². The van der Waals surface area contributed by atoms with Crippen LogP contribution in [0.5, 0.6) is 0 Å². The predicted octanol–water partition coefficient (Wildman–Crippen LogP) is 2.92. The Labute approximate surface area is 91.3 Å². The van der Waals surface area contributed by atoms with Crippen LogP contribution in [0.2, 0.25) is 0 Å². The van der Waals surface area contributed by atoms with E-state index in [1.54, 1.807) is 0 Å². The van der Waals surface area contributed by atoms with Gasteiger partial charge in [-0.3, -0.25) is 4.79 Å². The third-order valence-electron chi connectivity index (χ3n) is 2.53. The number of hydrogen-bond acceptors (Lipinski definition) is 2. The number of rotatable bonds is 4. The number of carbonyl (C=O) groups is 1. The van der Waals surface area contributed by atoms with Crippen LogP contribution in [0.1, 0.15) is 37.8 Å². The Kier molecular flexibility index (Phi) is 4.35. The number of aryl methyl sites for hydroxylation is 1. The second kappa shape index (κ2) is 5.54. The molecular weight excluding hydrogens is 188 g/mol. The maximum absolute atomic E-state index is 11.5. The van der Waals surface area contributed by atoms with E-state index in [1.807, 2.05) is 26.0 Å². The van der Waals surface area contributed by atoms with E-state index < -0.39 is 0 Å². The third kappa shape index (κ3) is 3.08. The first-order valence-corrected chi connectivity index (χ1v) is 5.44. The van der Waals surface area contributed by atoms with Crippen LogP contribution in [0.3, 0.4) is 0 Å². The van der Waals surface area contributed by atoms with Gasteiger partial charge < -0.3 is 4.74 Å². The van der Waals surface area contributed by atoms with Gasteiger partial charge in [-0.2, -0.15) is 0 Å². The van der Waals surface area contributed by atoms with Crippen molar-refractivity contribution in [2.45, 2.75) is 33.1 Å². The summed E-state index contributed by atoms with van der Waals surface area (Å²) in [5.74, 6) is -0.322. The second-order valence-electron chi connectivity index (χ2n) is 3.57. The molecule has 0 aliphatic rings. The van der Waals surface area contributed by atoms with Gasteiger partial charge in [0.05, 0.1) is 12.5 Å². The maximum atomic E-state index is 11.5. The molecular formula is C13H18O2. The van der Waals surface area contributed by atoms with E-state index in [0.29, 0.717) is 6.61 Å². The van der Waals surface area contributed by atoms with Crippen molar-refractivity contribution in [3.8, 4) is 0 Å². The van der Waals surface area contributed by atoms with Crippen LogP contribution in [0.15, 0.2) is 24.3 Å². The molecule has 1 unspecified atom stereocenters. The van der Waals surface area contributed by atoms with E-state index in [9.17, 15) is 4.79 Å². The van der Waals surface area contributed by atoms with Crippen molar-refractivity contribution in [1.29, 1.82) is 0 Å². The van der Waals surface area contributed by atoms with Crippen molar-refractivity contribution in [3.63, 3.8) is 0 Å². The van der Waals surface area contributed by atoms with Crippen LogP contribution in [0.4, 0.5) is 0 Å². The summed E-state index contributed by atoms with van der Waals surface area (Å²) >= 11 is 0. The molecule has 1 aromatic rings. The fourth-order valence-electron chi connectivity index (χ4n) is 1.45. The van der Waals surface area contributed by atoms with Crippen LogP contribution < -0.4 is 0 Å². The van der Waals surface area contributed by atoms with Gasteiger partial charge in [-0.15, -0.1) is 0 Å². The summed E-state index contributed by atoms with van der Waals surface area (Å²) in [5, 5.41) is 0. The molecule has 2 nitrogen and oxygen atoms in total. The number of carbonyl (C=O) groups excluding carboxylic acids is 1.